The van der Waals surface area contributed by atoms with Crippen molar-refractivity contribution in [3.8, 4) is 5.75 Å². The van der Waals surface area contributed by atoms with E-state index >= 15 is 0 Å². The van der Waals surface area contributed by atoms with Crippen LogP contribution in [-0.2, 0) is 29.0 Å². The lowest BCUT2D eigenvalue weighted by Gasteiger charge is -2.32. The first-order valence-electron chi connectivity index (χ1n) is 9.21. The zero-order chi connectivity index (χ0) is 20.5. The summed E-state index contributed by atoms with van der Waals surface area (Å²) in [7, 11) is 1.59. The molecular weight excluding hydrogens is 456 g/mol. The Labute approximate surface area is 181 Å². The Balaban J connectivity index is 1.71. The lowest BCUT2D eigenvalue weighted by Crippen LogP contribution is -2.35. The van der Waals surface area contributed by atoms with Crippen LogP contribution in [0.25, 0.3) is 0 Å². The van der Waals surface area contributed by atoms with Crippen LogP contribution < -0.4 is 15.0 Å². The van der Waals surface area contributed by atoms with Crippen LogP contribution in [0.5, 0.6) is 5.75 Å². The first kappa shape index (κ1) is 20.0. The molecule has 1 fully saturated rings. The summed E-state index contributed by atoms with van der Waals surface area (Å²) in [6, 6.07) is 11.6. The van der Waals surface area contributed by atoms with E-state index in [4.69, 9.17) is 4.74 Å². The Morgan fingerprint density at radius 2 is 1.90 bits per heavy atom. The summed E-state index contributed by atoms with van der Waals surface area (Å²) < 4.78 is 6.55. The molecule has 2 heterocycles. The normalized spacial score (nSPS) is 18.6. The van der Waals surface area contributed by atoms with Crippen LogP contribution in [0, 0.1) is 0 Å². The first-order chi connectivity index (χ1) is 14.0. The van der Waals surface area contributed by atoms with E-state index < -0.39 is 5.25 Å². The fraction of sp³-hybridized carbons (Fsp3) is 0.286. The second-order valence-corrected chi connectivity index (χ2v) is 9.04. The molecule has 2 aromatic rings. The van der Waals surface area contributed by atoms with E-state index in [1.807, 2.05) is 36.4 Å². The number of benzene rings is 2. The number of imide groups is 1. The van der Waals surface area contributed by atoms with Crippen molar-refractivity contribution in [2.45, 2.75) is 31.1 Å². The molecule has 0 bridgehead atoms. The van der Waals surface area contributed by atoms with Crippen molar-refractivity contribution in [2.24, 2.45) is 0 Å². The fourth-order valence-electron chi connectivity index (χ4n) is 3.75. The molecule has 1 atom stereocenters. The third-order valence-electron chi connectivity index (χ3n) is 5.15. The molecule has 6 nitrogen and oxygen atoms in total. The Morgan fingerprint density at radius 3 is 2.55 bits per heavy atom. The zero-order valence-electron chi connectivity index (χ0n) is 15.7. The van der Waals surface area contributed by atoms with E-state index in [-0.39, 0.29) is 17.1 Å². The molecule has 2 aliphatic heterocycles. The number of nitrogens with zero attached hydrogens (tertiary/aromatic N) is 1. The van der Waals surface area contributed by atoms with Gasteiger partial charge in [0.2, 0.25) is 11.8 Å². The molecule has 2 aromatic carbocycles. The quantitative estimate of drug-likeness (QED) is 0.712. The van der Waals surface area contributed by atoms with Gasteiger partial charge in [0, 0.05) is 10.9 Å². The number of methoxy groups -OCH3 is 1. The van der Waals surface area contributed by atoms with Gasteiger partial charge in [-0.25, -0.2) is 0 Å². The minimum Gasteiger partial charge on any atom is -0.495 e. The van der Waals surface area contributed by atoms with Crippen molar-refractivity contribution in [1.82, 2.24) is 5.32 Å². The SMILES string of the molecule is COc1ccc(CC2SC(=O)NC2=O)c2c1N(Cc1ccc(Br)cc1)C(=O)CC2. The third-order valence-corrected chi connectivity index (χ3v) is 6.66. The van der Waals surface area contributed by atoms with Crippen molar-refractivity contribution < 1.29 is 19.1 Å². The number of thioether (sulfide) groups is 1. The number of anilines is 1. The van der Waals surface area contributed by atoms with Crippen LogP contribution in [0.15, 0.2) is 40.9 Å². The third kappa shape index (κ3) is 4.04. The van der Waals surface area contributed by atoms with Gasteiger partial charge in [-0.15, -0.1) is 0 Å². The van der Waals surface area contributed by atoms with E-state index in [1.165, 1.54) is 0 Å². The first-order valence-corrected chi connectivity index (χ1v) is 10.9. The molecule has 1 saturated heterocycles. The van der Waals surface area contributed by atoms with Gasteiger partial charge in [-0.3, -0.25) is 19.7 Å². The zero-order valence-corrected chi connectivity index (χ0v) is 18.1. The minimum absolute atomic E-state index is 0.0408. The molecule has 1 unspecified atom stereocenters. The number of amides is 3. The van der Waals surface area contributed by atoms with Crippen molar-refractivity contribution in [2.75, 3.05) is 12.0 Å². The van der Waals surface area contributed by atoms with Gasteiger partial charge in [0.1, 0.15) is 5.75 Å². The maximum absolute atomic E-state index is 12.8. The molecule has 0 aromatic heterocycles. The summed E-state index contributed by atoms with van der Waals surface area (Å²) in [5, 5.41) is 1.58. The van der Waals surface area contributed by atoms with Crippen LogP contribution in [0.3, 0.4) is 0 Å². The Kier molecular flexibility index (Phi) is 5.65. The van der Waals surface area contributed by atoms with Crippen molar-refractivity contribution in [3.05, 3.63) is 57.6 Å². The van der Waals surface area contributed by atoms with Gasteiger partial charge in [0.05, 0.1) is 24.6 Å². The van der Waals surface area contributed by atoms with Crippen molar-refractivity contribution in [3.63, 3.8) is 0 Å². The molecular formula is C21H19BrN2O4S. The van der Waals surface area contributed by atoms with E-state index in [0.29, 0.717) is 31.6 Å². The predicted octanol–water partition coefficient (Wildman–Crippen LogP) is 3.83. The number of nitrogens with one attached hydrogen (secondary N) is 1. The number of halogens is 1. The van der Waals surface area contributed by atoms with Gasteiger partial charge in [-0.2, -0.15) is 0 Å². The smallest absolute Gasteiger partial charge is 0.286 e. The van der Waals surface area contributed by atoms with E-state index in [0.717, 1.165) is 38.6 Å². The summed E-state index contributed by atoms with van der Waals surface area (Å²) in [6.45, 7) is 0.441. The second-order valence-electron chi connectivity index (χ2n) is 6.95. The van der Waals surface area contributed by atoms with E-state index in [9.17, 15) is 14.4 Å². The number of ether oxygens (including phenoxy) is 1. The van der Waals surface area contributed by atoms with E-state index in [2.05, 4.69) is 21.2 Å². The maximum atomic E-state index is 12.8. The Hall–Kier alpha value is -2.32. The number of hydrogen-bond acceptors (Lipinski definition) is 5. The van der Waals surface area contributed by atoms with E-state index in [1.54, 1.807) is 12.0 Å². The highest BCUT2D eigenvalue weighted by molar-refractivity contribution is 9.10. The highest BCUT2D eigenvalue weighted by Crippen LogP contribution is 2.41. The topological polar surface area (TPSA) is 75.7 Å². The lowest BCUT2D eigenvalue weighted by molar-refractivity contribution is -0.119. The number of hydrogen-bond donors (Lipinski definition) is 1. The molecule has 4 rings (SSSR count). The maximum Gasteiger partial charge on any atom is 0.286 e. The van der Waals surface area contributed by atoms with Crippen molar-refractivity contribution >= 4 is 50.4 Å². The minimum atomic E-state index is -0.447. The van der Waals surface area contributed by atoms with Gasteiger partial charge in [0.25, 0.3) is 5.24 Å². The summed E-state index contributed by atoms with van der Waals surface area (Å²) in [5.41, 5.74) is 3.75. The van der Waals surface area contributed by atoms with Crippen LogP contribution in [0.2, 0.25) is 0 Å². The van der Waals surface area contributed by atoms with Gasteiger partial charge in [-0.05, 0) is 47.7 Å². The van der Waals surface area contributed by atoms with Gasteiger partial charge in [0.15, 0.2) is 0 Å². The number of carbonyl (C=O) groups excluding carboxylic acids is 3. The number of rotatable bonds is 5. The summed E-state index contributed by atoms with van der Waals surface area (Å²) in [6.07, 6.45) is 1.42. The molecule has 0 saturated carbocycles. The molecule has 8 heteroatoms. The standard InChI is InChI=1S/C21H19BrN2O4S/c1-28-16-8-4-13(10-17-20(26)23-21(27)29-17)15-7-9-18(25)24(19(15)16)11-12-2-5-14(22)6-3-12/h2-6,8,17H,7,9-11H2,1H3,(H,23,26,27). The van der Waals surface area contributed by atoms with Gasteiger partial charge in [-0.1, -0.05) is 45.9 Å². The van der Waals surface area contributed by atoms with Gasteiger partial charge < -0.3 is 9.64 Å². The molecule has 0 spiro atoms. The Morgan fingerprint density at radius 1 is 1.14 bits per heavy atom. The van der Waals surface area contributed by atoms with Crippen LogP contribution >= 0.6 is 27.7 Å². The average molecular weight is 475 g/mol. The monoisotopic (exact) mass is 474 g/mol. The average Bonchev–Trinajstić information content (AvgIpc) is 3.02. The predicted molar refractivity (Wildman–Crippen MR) is 115 cm³/mol. The van der Waals surface area contributed by atoms with Crippen LogP contribution in [0.4, 0.5) is 10.5 Å². The second kappa shape index (κ2) is 8.20. The molecule has 2 aliphatic rings. The molecule has 1 N–H and O–H groups in total. The highest BCUT2D eigenvalue weighted by Gasteiger charge is 2.34. The Bertz CT molecular complexity index is 993. The number of fused-ring (bicyclic) bond motifs is 1. The molecule has 3 amide bonds. The molecule has 29 heavy (non-hydrogen) atoms. The summed E-state index contributed by atoms with van der Waals surface area (Å²) in [5.74, 6) is 0.413. The van der Waals surface area contributed by atoms with Crippen LogP contribution in [0.1, 0.15) is 23.1 Å². The summed E-state index contributed by atoms with van der Waals surface area (Å²) >= 11 is 4.45. The molecule has 150 valence electrons. The van der Waals surface area contributed by atoms with Crippen molar-refractivity contribution in [1.29, 1.82) is 0 Å². The largest absolute Gasteiger partial charge is 0.495 e. The lowest BCUT2D eigenvalue weighted by atomic mass is 9.92. The molecule has 0 radical (unpaired) electrons. The number of carbonyl (C=O) groups is 3. The van der Waals surface area contributed by atoms with Gasteiger partial charge >= 0.3 is 0 Å². The van der Waals surface area contributed by atoms with Crippen LogP contribution in [-0.4, -0.2) is 29.4 Å². The summed E-state index contributed by atoms with van der Waals surface area (Å²) in [4.78, 5) is 38.1. The fourth-order valence-corrected chi connectivity index (χ4v) is 4.86. The molecule has 0 aliphatic carbocycles. The highest BCUT2D eigenvalue weighted by atomic mass is 79.9.